The van der Waals surface area contributed by atoms with Crippen LogP contribution in [0.25, 0.3) is 0 Å². The second-order valence-electron chi connectivity index (χ2n) is 2.55. The first-order valence-electron chi connectivity index (χ1n) is 3.75. The van der Waals surface area contributed by atoms with Gasteiger partial charge in [-0.05, 0) is 25.1 Å². The third-order valence-corrected chi connectivity index (χ3v) is 2.05. The van der Waals surface area contributed by atoms with Gasteiger partial charge in [-0.2, -0.15) is 0 Å². The summed E-state index contributed by atoms with van der Waals surface area (Å²) < 4.78 is 0. The number of hydrogen-bond donors (Lipinski definition) is 1. The molecule has 0 bridgehead atoms. The zero-order chi connectivity index (χ0) is 7.45. The second-order valence-corrected chi connectivity index (χ2v) is 2.55. The van der Waals surface area contributed by atoms with Gasteiger partial charge in [0.15, 0.2) is 0 Å². The molecule has 1 N–H and O–H groups in total. The average molecular weight is 136 g/mol. The third-order valence-electron chi connectivity index (χ3n) is 2.05. The molecule has 0 amide bonds. The van der Waals surface area contributed by atoms with Gasteiger partial charge in [-0.1, -0.05) is 26.0 Å². The number of rotatable bonds is 2. The smallest absolute Gasteiger partial charge is 0.0580 e. The van der Waals surface area contributed by atoms with Crippen LogP contribution < -0.4 is 5.32 Å². The average Bonchev–Trinajstić information content (AvgIpc) is 2.06. The van der Waals surface area contributed by atoms with Gasteiger partial charge >= 0.3 is 0 Å². The topological polar surface area (TPSA) is 12.0 Å². The Balaban J connectivity index is 2.66. The third kappa shape index (κ3) is 1.23. The highest BCUT2D eigenvalue weighted by Gasteiger charge is 2.21. The van der Waals surface area contributed by atoms with Crippen LogP contribution in [0.5, 0.6) is 0 Å². The Kier molecular flexibility index (Phi) is 2.15. The molecule has 0 fully saturated rings. The van der Waals surface area contributed by atoms with E-state index in [1.165, 1.54) is 0 Å². The van der Waals surface area contributed by atoms with Gasteiger partial charge in [0.05, 0.1) is 5.54 Å². The molecule has 10 heavy (non-hydrogen) atoms. The molecule has 0 spiro atoms. The van der Waals surface area contributed by atoms with E-state index in [0.29, 0.717) is 0 Å². The molecular weight excluding hydrogens is 122 g/mol. The van der Waals surface area contributed by atoms with Crippen molar-refractivity contribution >= 4 is 0 Å². The minimum absolute atomic E-state index is 0.120. The molecule has 0 aromatic carbocycles. The van der Waals surface area contributed by atoms with Crippen LogP contribution in [0.4, 0.5) is 0 Å². The van der Waals surface area contributed by atoms with E-state index in [1.54, 1.807) is 0 Å². The van der Waals surface area contributed by atoms with Gasteiger partial charge in [-0.15, -0.1) is 0 Å². The summed E-state index contributed by atoms with van der Waals surface area (Å²) in [5.41, 5.74) is 0.120. The first-order valence-corrected chi connectivity index (χ1v) is 3.75. The Bertz CT molecular complexity index is 152. The fraction of sp³-hybridized carbons (Fsp3) is 0.444. The van der Waals surface area contributed by atoms with E-state index >= 15 is 0 Å². The molecule has 1 heteroatoms. The van der Waals surface area contributed by atoms with Crippen molar-refractivity contribution in [3.8, 4) is 0 Å². The maximum atomic E-state index is 3.31. The zero-order valence-electron chi connectivity index (χ0n) is 6.59. The summed E-state index contributed by atoms with van der Waals surface area (Å²) in [6.45, 7) is 4.26. The lowest BCUT2D eigenvalue weighted by Crippen LogP contribution is -2.40. The van der Waals surface area contributed by atoms with Crippen LogP contribution in [0.1, 0.15) is 20.3 Å². The number of hydrogen-bond acceptors (Lipinski definition) is 1. The summed E-state index contributed by atoms with van der Waals surface area (Å²) in [5.74, 6) is 0. The molecule has 1 unspecified atom stereocenters. The molecule has 0 saturated heterocycles. The van der Waals surface area contributed by atoms with Crippen LogP contribution in [0.3, 0.4) is 0 Å². The van der Waals surface area contributed by atoms with Gasteiger partial charge in [0.2, 0.25) is 0 Å². The highest BCUT2D eigenvalue weighted by molar-refractivity contribution is 5.23. The van der Waals surface area contributed by atoms with Gasteiger partial charge in [-0.25, -0.2) is 0 Å². The van der Waals surface area contributed by atoms with Crippen LogP contribution in [-0.2, 0) is 0 Å². The molecule has 1 atom stereocenters. The van der Waals surface area contributed by atoms with Crippen molar-refractivity contribution in [1.82, 2.24) is 5.32 Å². The summed E-state index contributed by atoms with van der Waals surface area (Å²) in [4.78, 5) is 0. The number of dihydropyridines is 1. The molecule has 0 aromatic heterocycles. The largest absolute Gasteiger partial charge is 0.382 e. The van der Waals surface area contributed by atoms with Crippen LogP contribution in [0.2, 0.25) is 0 Å². The molecule has 1 aliphatic heterocycles. The molecule has 1 nitrogen and oxygen atoms in total. The first-order chi connectivity index (χ1) is 4.83. The first kappa shape index (κ1) is 7.39. The Morgan fingerprint density at radius 2 is 2.30 bits per heavy atom. The van der Waals surface area contributed by atoms with Crippen LogP contribution in [0, 0.1) is 6.42 Å². The van der Waals surface area contributed by atoms with Crippen molar-refractivity contribution in [1.29, 1.82) is 0 Å². The monoisotopic (exact) mass is 136 g/mol. The zero-order valence-corrected chi connectivity index (χ0v) is 6.59. The Labute approximate surface area is 62.8 Å². The van der Waals surface area contributed by atoms with Crippen molar-refractivity contribution in [2.75, 3.05) is 0 Å². The number of nitrogens with one attached hydrogen (secondary N) is 1. The van der Waals surface area contributed by atoms with Gasteiger partial charge in [0.1, 0.15) is 0 Å². The van der Waals surface area contributed by atoms with Crippen molar-refractivity contribution in [3.63, 3.8) is 0 Å². The number of allylic oxidation sites excluding steroid dienone is 2. The Morgan fingerprint density at radius 3 is 2.60 bits per heavy atom. The summed E-state index contributed by atoms with van der Waals surface area (Å²) in [7, 11) is 0. The van der Waals surface area contributed by atoms with E-state index in [9.17, 15) is 0 Å². The summed E-state index contributed by atoms with van der Waals surface area (Å²) >= 11 is 0. The lowest BCUT2D eigenvalue weighted by atomic mass is 9.91. The summed E-state index contributed by atoms with van der Waals surface area (Å²) in [6, 6.07) is 0. The lowest BCUT2D eigenvalue weighted by Gasteiger charge is -2.30. The molecule has 0 aliphatic carbocycles. The predicted molar refractivity (Wildman–Crippen MR) is 44.4 cm³/mol. The minimum atomic E-state index is 0.120. The van der Waals surface area contributed by atoms with Crippen molar-refractivity contribution in [3.05, 3.63) is 30.8 Å². The van der Waals surface area contributed by atoms with Gasteiger partial charge in [-0.3, -0.25) is 0 Å². The van der Waals surface area contributed by atoms with E-state index in [-0.39, 0.29) is 5.54 Å². The van der Waals surface area contributed by atoms with Gasteiger partial charge in [0.25, 0.3) is 0 Å². The van der Waals surface area contributed by atoms with E-state index in [0.717, 1.165) is 6.42 Å². The second kappa shape index (κ2) is 2.91. The van der Waals surface area contributed by atoms with E-state index in [2.05, 4.69) is 37.7 Å². The summed E-state index contributed by atoms with van der Waals surface area (Å²) in [6.07, 6.45) is 11.6. The van der Waals surface area contributed by atoms with Crippen molar-refractivity contribution < 1.29 is 0 Å². The minimum Gasteiger partial charge on any atom is -0.382 e. The van der Waals surface area contributed by atoms with Crippen molar-refractivity contribution in [2.45, 2.75) is 25.8 Å². The lowest BCUT2D eigenvalue weighted by molar-refractivity contribution is 0.500. The van der Waals surface area contributed by atoms with Crippen LogP contribution in [0.15, 0.2) is 24.4 Å². The highest BCUT2D eigenvalue weighted by atomic mass is 14.9. The molecule has 1 aliphatic rings. The fourth-order valence-corrected chi connectivity index (χ4v) is 1.14. The predicted octanol–water partition coefficient (Wildman–Crippen LogP) is 2.03. The molecular formula is C9H14N. The quantitative estimate of drug-likeness (QED) is 0.612. The van der Waals surface area contributed by atoms with Gasteiger partial charge in [0, 0.05) is 0 Å². The Morgan fingerprint density at radius 1 is 1.50 bits per heavy atom. The highest BCUT2D eigenvalue weighted by Crippen LogP contribution is 2.17. The molecule has 0 aromatic rings. The summed E-state index contributed by atoms with van der Waals surface area (Å²) in [5, 5.41) is 3.31. The molecule has 1 radical (unpaired) electrons. The molecule has 0 saturated carbocycles. The maximum absolute atomic E-state index is 3.31. The van der Waals surface area contributed by atoms with E-state index < -0.39 is 0 Å². The van der Waals surface area contributed by atoms with E-state index in [1.807, 2.05) is 12.3 Å². The Hall–Kier alpha value is -0.720. The normalized spacial score (nSPS) is 20.6. The van der Waals surface area contributed by atoms with Crippen molar-refractivity contribution in [2.24, 2.45) is 0 Å². The molecule has 55 valence electrons. The van der Waals surface area contributed by atoms with Crippen LogP contribution in [-0.4, -0.2) is 5.54 Å². The van der Waals surface area contributed by atoms with Gasteiger partial charge < -0.3 is 5.32 Å². The fourth-order valence-electron chi connectivity index (χ4n) is 1.14. The molecule has 1 rings (SSSR count). The van der Waals surface area contributed by atoms with Crippen LogP contribution >= 0.6 is 0 Å². The van der Waals surface area contributed by atoms with E-state index in [4.69, 9.17) is 0 Å². The standard InChI is InChI=1S/C9H14N/c1-3-9(4-2)7-5-6-8-10-9/h3,5-8,10H,4H2,1-2H3. The SMILES string of the molecule is C[CH]C1(CC)C=CC=CN1. The maximum Gasteiger partial charge on any atom is 0.0580 e. The molecule has 1 heterocycles.